The molecule has 1 saturated heterocycles. The van der Waals surface area contributed by atoms with Crippen molar-refractivity contribution in [3.05, 3.63) is 47.4 Å². The van der Waals surface area contributed by atoms with Crippen LogP contribution in [0.1, 0.15) is 28.1 Å². The van der Waals surface area contributed by atoms with Crippen LogP contribution in [0.4, 0.5) is 5.69 Å². The van der Waals surface area contributed by atoms with Crippen LogP contribution in [-0.4, -0.2) is 62.2 Å². The van der Waals surface area contributed by atoms with E-state index in [1.807, 2.05) is 0 Å². The molecule has 29 heavy (non-hydrogen) atoms. The number of piperazine rings is 1. The zero-order chi connectivity index (χ0) is 20.2. The average molecular weight is 415 g/mol. The lowest BCUT2D eigenvalue weighted by Gasteiger charge is -2.34. The van der Waals surface area contributed by atoms with Gasteiger partial charge in [-0.1, -0.05) is 0 Å². The minimum absolute atomic E-state index is 0.0422. The molecule has 3 aliphatic rings. The molecule has 152 valence electrons. The third-order valence-electron chi connectivity index (χ3n) is 5.88. The molecular weight excluding hydrogens is 394 g/mol. The molecule has 5 rings (SSSR count). The van der Waals surface area contributed by atoms with Gasteiger partial charge in [-0.2, -0.15) is 4.31 Å². The summed E-state index contributed by atoms with van der Waals surface area (Å²) in [6.07, 6.45) is 3.33. The number of carbonyl (C=O) groups excluding carboxylic acids is 2. The normalized spacial score (nSPS) is 19.5. The number of amides is 2. The number of nitrogens with zero attached hydrogens (tertiary/aromatic N) is 3. The Morgan fingerprint density at radius 2 is 1.79 bits per heavy atom. The van der Waals surface area contributed by atoms with Crippen LogP contribution >= 0.6 is 0 Å². The van der Waals surface area contributed by atoms with Crippen LogP contribution in [0.15, 0.2) is 39.8 Å². The van der Waals surface area contributed by atoms with E-state index in [0.717, 1.165) is 29.7 Å². The number of furan rings is 1. The third-order valence-corrected chi connectivity index (χ3v) is 7.75. The molecule has 1 fully saturated rings. The first-order valence-corrected chi connectivity index (χ1v) is 11.2. The Kier molecular flexibility index (Phi) is 4.25. The van der Waals surface area contributed by atoms with Crippen LogP contribution < -0.4 is 4.90 Å². The van der Waals surface area contributed by atoms with E-state index in [4.69, 9.17) is 4.42 Å². The van der Waals surface area contributed by atoms with Crippen molar-refractivity contribution in [1.82, 2.24) is 9.21 Å². The highest BCUT2D eigenvalue weighted by Gasteiger charge is 2.36. The first kappa shape index (κ1) is 18.4. The maximum absolute atomic E-state index is 13.2. The molecule has 8 nitrogen and oxygen atoms in total. The van der Waals surface area contributed by atoms with E-state index >= 15 is 0 Å². The zero-order valence-corrected chi connectivity index (χ0v) is 16.7. The molecule has 0 radical (unpaired) electrons. The zero-order valence-electron chi connectivity index (χ0n) is 15.8. The van der Waals surface area contributed by atoms with Gasteiger partial charge in [0.1, 0.15) is 0 Å². The van der Waals surface area contributed by atoms with Gasteiger partial charge in [0.2, 0.25) is 15.9 Å². The first-order chi connectivity index (χ1) is 13.9. The molecule has 0 spiro atoms. The number of hydrogen-bond acceptors (Lipinski definition) is 5. The molecule has 0 unspecified atom stereocenters. The highest BCUT2D eigenvalue weighted by Crippen LogP contribution is 2.39. The lowest BCUT2D eigenvalue weighted by Crippen LogP contribution is -2.50. The van der Waals surface area contributed by atoms with E-state index in [2.05, 4.69) is 0 Å². The van der Waals surface area contributed by atoms with Crippen LogP contribution in [0, 0.1) is 0 Å². The van der Waals surface area contributed by atoms with E-state index in [-0.39, 0.29) is 42.0 Å². The summed E-state index contributed by atoms with van der Waals surface area (Å²) < 4.78 is 33.1. The van der Waals surface area contributed by atoms with Gasteiger partial charge in [-0.05, 0) is 48.2 Å². The molecule has 9 heteroatoms. The Hall–Kier alpha value is -2.65. The van der Waals surface area contributed by atoms with Crippen LogP contribution in [-0.2, 0) is 27.7 Å². The Morgan fingerprint density at radius 3 is 2.52 bits per heavy atom. The topological polar surface area (TPSA) is 91.1 Å². The maximum Gasteiger partial charge on any atom is 0.289 e. The maximum atomic E-state index is 13.2. The van der Waals surface area contributed by atoms with Crippen LogP contribution in [0.5, 0.6) is 0 Å². The van der Waals surface area contributed by atoms with E-state index in [1.54, 1.807) is 34.1 Å². The van der Waals surface area contributed by atoms with Crippen molar-refractivity contribution >= 4 is 27.5 Å². The second-order valence-corrected chi connectivity index (χ2v) is 9.53. The fraction of sp³-hybridized carbons (Fsp3) is 0.400. The predicted octanol–water partition coefficient (Wildman–Crippen LogP) is 1.26. The highest BCUT2D eigenvalue weighted by molar-refractivity contribution is 7.89. The molecule has 1 aromatic carbocycles. The number of hydrogen-bond donors (Lipinski definition) is 0. The van der Waals surface area contributed by atoms with Crippen LogP contribution in [0.25, 0.3) is 0 Å². The van der Waals surface area contributed by atoms with Crippen molar-refractivity contribution in [2.75, 3.05) is 37.6 Å². The SMILES string of the molecule is O=C(c1ccco1)N1CCN(S(=O)(=O)c2cc3c4c(c2)CC(=O)N4CCC3)CC1. The van der Waals surface area contributed by atoms with Gasteiger partial charge < -0.3 is 14.2 Å². The Bertz CT molecular complexity index is 1090. The summed E-state index contributed by atoms with van der Waals surface area (Å²) >= 11 is 0. The number of benzene rings is 1. The molecule has 0 bridgehead atoms. The Labute approximate surface area is 168 Å². The fourth-order valence-electron chi connectivity index (χ4n) is 4.43. The number of sulfonamides is 1. The summed E-state index contributed by atoms with van der Waals surface area (Å²) in [6, 6.07) is 6.63. The van der Waals surface area contributed by atoms with Crippen molar-refractivity contribution in [2.45, 2.75) is 24.2 Å². The minimum atomic E-state index is -3.69. The van der Waals surface area contributed by atoms with Crippen molar-refractivity contribution in [3.63, 3.8) is 0 Å². The quantitative estimate of drug-likeness (QED) is 0.753. The van der Waals surface area contributed by atoms with E-state index in [0.29, 0.717) is 19.6 Å². The lowest BCUT2D eigenvalue weighted by molar-refractivity contribution is -0.117. The van der Waals surface area contributed by atoms with Crippen LogP contribution in [0.2, 0.25) is 0 Å². The summed E-state index contributed by atoms with van der Waals surface area (Å²) in [6.45, 7) is 1.78. The van der Waals surface area contributed by atoms with Gasteiger partial charge >= 0.3 is 0 Å². The summed E-state index contributed by atoms with van der Waals surface area (Å²) in [5.41, 5.74) is 2.65. The lowest BCUT2D eigenvalue weighted by atomic mass is 10.0. The average Bonchev–Trinajstić information content (AvgIpc) is 3.37. The number of anilines is 1. The van der Waals surface area contributed by atoms with E-state index in [1.165, 1.54) is 10.6 Å². The molecular formula is C20H21N3O5S. The molecule has 2 amide bonds. The highest BCUT2D eigenvalue weighted by atomic mass is 32.2. The molecule has 0 atom stereocenters. The Morgan fingerprint density at radius 1 is 1.03 bits per heavy atom. The molecule has 0 saturated carbocycles. The van der Waals surface area contributed by atoms with Crippen molar-refractivity contribution < 1.29 is 22.4 Å². The van der Waals surface area contributed by atoms with Gasteiger partial charge in [-0.25, -0.2) is 8.42 Å². The standard InChI is InChI=1S/C20H21N3O5S/c24-18-13-15-12-16(11-14-3-1-5-23(18)19(14)15)29(26,27)22-8-6-21(7-9-22)20(25)17-4-2-10-28-17/h2,4,10-12H,1,3,5-9,13H2. The smallest absolute Gasteiger partial charge is 0.289 e. The van der Waals surface area contributed by atoms with Gasteiger partial charge in [0.25, 0.3) is 5.91 Å². The van der Waals surface area contributed by atoms with Gasteiger partial charge in [0.05, 0.1) is 23.3 Å². The Balaban J connectivity index is 1.37. The fourth-order valence-corrected chi connectivity index (χ4v) is 5.96. The molecule has 1 aromatic heterocycles. The minimum Gasteiger partial charge on any atom is -0.459 e. The number of aryl methyl sites for hydroxylation is 1. The van der Waals surface area contributed by atoms with E-state index in [9.17, 15) is 18.0 Å². The molecule has 4 heterocycles. The third kappa shape index (κ3) is 2.96. The van der Waals surface area contributed by atoms with Gasteiger partial charge in [-0.15, -0.1) is 0 Å². The first-order valence-electron chi connectivity index (χ1n) is 9.74. The predicted molar refractivity (Wildman–Crippen MR) is 104 cm³/mol. The molecule has 2 aromatic rings. The number of rotatable bonds is 3. The monoisotopic (exact) mass is 415 g/mol. The van der Waals surface area contributed by atoms with Gasteiger partial charge in [-0.3, -0.25) is 9.59 Å². The largest absolute Gasteiger partial charge is 0.459 e. The summed E-state index contributed by atoms with van der Waals surface area (Å²) in [5.74, 6) is 0.0708. The van der Waals surface area contributed by atoms with E-state index < -0.39 is 10.0 Å². The molecule has 0 aliphatic carbocycles. The second-order valence-electron chi connectivity index (χ2n) is 7.59. The number of carbonyl (C=O) groups is 2. The van der Waals surface area contributed by atoms with Crippen molar-refractivity contribution in [2.24, 2.45) is 0 Å². The molecule has 0 N–H and O–H groups in total. The van der Waals surface area contributed by atoms with Gasteiger partial charge in [0, 0.05) is 32.7 Å². The summed E-state index contributed by atoms with van der Waals surface area (Å²) in [7, 11) is -3.69. The van der Waals surface area contributed by atoms with Crippen LogP contribution in [0.3, 0.4) is 0 Å². The van der Waals surface area contributed by atoms with Gasteiger partial charge in [0.15, 0.2) is 5.76 Å². The summed E-state index contributed by atoms with van der Waals surface area (Å²) in [4.78, 5) is 28.3. The van der Waals surface area contributed by atoms with Crippen molar-refractivity contribution in [3.8, 4) is 0 Å². The van der Waals surface area contributed by atoms with Crippen molar-refractivity contribution in [1.29, 1.82) is 0 Å². The summed E-state index contributed by atoms with van der Waals surface area (Å²) in [5, 5.41) is 0. The second kappa shape index (κ2) is 6.70. The molecule has 3 aliphatic heterocycles.